The zero-order valence-electron chi connectivity index (χ0n) is 14.9. The zero-order valence-corrected chi connectivity index (χ0v) is 14.9. The van der Waals surface area contributed by atoms with Gasteiger partial charge >= 0.3 is 11.9 Å². The second-order valence-corrected chi connectivity index (χ2v) is 7.27. The summed E-state index contributed by atoms with van der Waals surface area (Å²) in [6, 6.07) is 6.84. The fraction of sp³-hybridized carbons (Fsp3) is 0.526. The van der Waals surface area contributed by atoms with E-state index in [4.69, 9.17) is 9.84 Å². The Labute approximate surface area is 147 Å². The molecule has 136 valence electrons. The molecule has 1 aromatic rings. The van der Waals surface area contributed by atoms with Crippen LogP contribution >= 0.6 is 0 Å². The van der Waals surface area contributed by atoms with E-state index in [1.54, 1.807) is 25.7 Å². The average molecular weight is 347 g/mol. The predicted octanol–water partition coefficient (Wildman–Crippen LogP) is 2.54. The van der Waals surface area contributed by atoms with Crippen molar-refractivity contribution in [3.63, 3.8) is 0 Å². The van der Waals surface area contributed by atoms with Gasteiger partial charge in [-0.05, 0) is 44.7 Å². The molecule has 0 spiro atoms. The molecular formula is C19H25NO5. The molecule has 6 nitrogen and oxygen atoms in total. The molecule has 0 aliphatic carbocycles. The largest absolute Gasteiger partial charge is 0.481 e. The summed E-state index contributed by atoms with van der Waals surface area (Å²) in [7, 11) is 0. The van der Waals surface area contributed by atoms with E-state index < -0.39 is 17.6 Å². The number of nitrogens with zero attached hydrogens (tertiary/aromatic N) is 1. The lowest BCUT2D eigenvalue weighted by atomic mass is 10.0. The summed E-state index contributed by atoms with van der Waals surface area (Å²) in [5.74, 6) is -1.33. The monoisotopic (exact) mass is 347 g/mol. The van der Waals surface area contributed by atoms with Gasteiger partial charge in [-0.25, -0.2) is 4.79 Å². The van der Waals surface area contributed by atoms with Gasteiger partial charge in [0.05, 0.1) is 0 Å². The third kappa shape index (κ3) is 5.31. The molecule has 1 unspecified atom stereocenters. The maximum absolute atomic E-state index is 12.4. The molecule has 1 saturated heterocycles. The van der Waals surface area contributed by atoms with Crippen molar-refractivity contribution in [3.05, 3.63) is 35.4 Å². The lowest BCUT2D eigenvalue weighted by Gasteiger charge is -2.28. The quantitative estimate of drug-likeness (QED) is 0.800. The Morgan fingerprint density at radius 1 is 1.24 bits per heavy atom. The number of ether oxygens (including phenoxy) is 1. The molecule has 1 heterocycles. The van der Waals surface area contributed by atoms with E-state index >= 15 is 0 Å². The van der Waals surface area contributed by atoms with Crippen LogP contribution in [0.2, 0.25) is 0 Å². The van der Waals surface area contributed by atoms with E-state index in [1.807, 2.05) is 24.3 Å². The van der Waals surface area contributed by atoms with Crippen LogP contribution in [-0.4, -0.2) is 39.5 Å². The Balaban J connectivity index is 2.15. The summed E-state index contributed by atoms with van der Waals surface area (Å²) >= 11 is 0. The van der Waals surface area contributed by atoms with E-state index in [-0.39, 0.29) is 18.3 Å². The second kappa shape index (κ2) is 7.68. The smallest absolute Gasteiger partial charge is 0.329 e. The van der Waals surface area contributed by atoms with Crippen LogP contribution in [0.5, 0.6) is 0 Å². The Morgan fingerprint density at radius 2 is 1.88 bits per heavy atom. The SMILES string of the molecule is CC(C)(C)OC(=O)C1CCC(=O)N1Cc1ccccc1CCC(=O)O. The van der Waals surface area contributed by atoms with E-state index in [9.17, 15) is 14.4 Å². The van der Waals surface area contributed by atoms with Crippen LogP contribution in [0.1, 0.15) is 51.2 Å². The first-order chi connectivity index (χ1) is 11.7. The molecule has 1 N–H and O–H groups in total. The third-order valence-electron chi connectivity index (χ3n) is 4.07. The first kappa shape index (κ1) is 19.0. The molecule has 2 rings (SSSR count). The minimum atomic E-state index is -0.862. The Bertz CT molecular complexity index is 662. The number of hydrogen-bond donors (Lipinski definition) is 1. The van der Waals surface area contributed by atoms with E-state index in [2.05, 4.69) is 0 Å². The zero-order chi connectivity index (χ0) is 18.6. The van der Waals surface area contributed by atoms with Crippen LogP contribution in [0.25, 0.3) is 0 Å². The number of benzene rings is 1. The number of aryl methyl sites for hydroxylation is 1. The number of esters is 1. The van der Waals surface area contributed by atoms with Gasteiger partial charge in [0.2, 0.25) is 5.91 Å². The molecule has 1 aromatic carbocycles. The van der Waals surface area contributed by atoms with Crippen LogP contribution in [0, 0.1) is 0 Å². The van der Waals surface area contributed by atoms with Gasteiger partial charge in [-0.15, -0.1) is 0 Å². The topological polar surface area (TPSA) is 83.9 Å². The molecule has 1 atom stereocenters. The number of carbonyl (C=O) groups is 3. The van der Waals surface area contributed by atoms with Gasteiger partial charge in [0.15, 0.2) is 0 Å². The van der Waals surface area contributed by atoms with Crippen molar-refractivity contribution in [2.45, 2.75) is 64.6 Å². The summed E-state index contributed by atoms with van der Waals surface area (Å²) in [5, 5.41) is 8.89. The molecule has 0 bridgehead atoms. The summed E-state index contributed by atoms with van der Waals surface area (Å²) in [6.07, 6.45) is 1.19. The molecule has 0 radical (unpaired) electrons. The highest BCUT2D eigenvalue weighted by Crippen LogP contribution is 2.25. The van der Waals surface area contributed by atoms with E-state index in [0.29, 0.717) is 25.8 Å². The average Bonchev–Trinajstić information content (AvgIpc) is 2.86. The minimum Gasteiger partial charge on any atom is -0.481 e. The molecular weight excluding hydrogens is 322 g/mol. The van der Waals surface area contributed by atoms with Gasteiger partial charge in [-0.2, -0.15) is 0 Å². The molecule has 1 fully saturated rings. The van der Waals surface area contributed by atoms with Crippen LogP contribution in [0.15, 0.2) is 24.3 Å². The van der Waals surface area contributed by atoms with Crippen molar-refractivity contribution in [2.24, 2.45) is 0 Å². The molecule has 6 heteroatoms. The number of aliphatic carboxylic acids is 1. The number of amides is 1. The van der Waals surface area contributed by atoms with Crippen LogP contribution < -0.4 is 0 Å². The maximum Gasteiger partial charge on any atom is 0.329 e. The molecule has 1 amide bonds. The molecule has 1 aliphatic heterocycles. The molecule has 0 saturated carbocycles. The Hall–Kier alpha value is -2.37. The van der Waals surface area contributed by atoms with E-state index in [0.717, 1.165) is 11.1 Å². The number of rotatable bonds is 6. The minimum absolute atomic E-state index is 0.0282. The van der Waals surface area contributed by atoms with Gasteiger partial charge in [-0.3, -0.25) is 9.59 Å². The lowest BCUT2D eigenvalue weighted by molar-refractivity contribution is -0.162. The van der Waals surface area contributed by atoms with Crippen molar-refractivity contribution >= 4 is 17.8 Å². The molecule has 0 aromatic heterocycles. The number of hydrogen-bond acceptors (Lipinski definition) is 4. The number of carboxylic acids is 1. The number of carboxylic acid groups (broad SMARTS) is 1. The Morgan fingerprint density at radius 3 is 2.48 bits per heavy atom. The first-order valence-electron chi connectivity index (χ1n) is 8.48. The summed E-state index contributed by atoms with van der Waals surface area (Å²) in [6.45, 7) is 5.69. The van der Waals surface area contributed by atoms with Crippen molar-refractivity contribution in [1.29, 1.82) is 0 Å². The highest BCUT2D eigenvalue weighted by atomic mass is 16.6. The standard InChI is InChI=1S/C19H25NO5/c1-19(2,3)25-18(24)15-9-10-16(21)20(15)12-14-7-5-4-6-13(14)8-11-17(22)23/h4-7,15H,8-12H2,1-3H3,(H,22,23). The number of likely N-dealkylation sites (tertiary alicyclic amines) is 1. The maximum atomic E-state index is 12.4. The fourth-order valence-corrected chi connectivity index (χ4v) is 2.93. The number of carbonyl (C=O) groups excluding carboxylic acids is 2. The van der Waals surface area contributed by atoms with Crippen LogP contribution in [-0.2, 0) is 32.1 Å². The van der Waals surface area contributed by atoms with Gasteiger partial charge in [0.1, 0.15) is 11.6 Å². The summed E-state index contributed by atoms with van der Waals surface area (Å²) < 4.78 is 5.44. The first-order valence-corrected chi connectivity index (χ1v) is 8.48. The van der Waals surface area contributed by atoms with Gasteiger partial charge in [0.25, 0.3) is 0 Å². The highest BCUT2D eigenvalue weighted by Gasteiger charge is 2.38. The summed E-state index contributed by atoms with van der Waals surface area (Å²) in [4.78, 5) is 37.1. The molecule has 1 aliphatic rings. The molecule has 25 heavy (non-hydrogen) atoms. The van der Waals surface area contributed by atoms with Crippen molar-refractivity contribution < 1.29 is 24.2 Å². The van der Waals surface area contributed by atoms with Crippen LogP contribution in [0.3, 0.4) is 0 Å². The normalized spacial score (nSPS) is 17.6. The van der Waals surface area contributed by atoms with Gasteiger partial charge < -0.3 is 14.7 Å². The van der Waals surface area contributed by atoms with Crippen molar-refractivity contribution in [3.8, 4) is 0 Å². The van der Waals surface area contributed by atoms with Gasteiger partial charge in [0, 0.05) is 19.4 Å². The van der Waals surface area contributed by atoms with Crippen LogP contribution in [0.4, 0.5) is 0 Å². The van der Waals surface area contributed by atoms with Gasteiger partial charge in [-0.1, -0.05) is 24.3 Å². The lowest BCUT2D eigenvalue weighted by Crippen LogP contribution is -2.41. The summed E-state index contributed by atoms with van der Waals surface area (Å²) in [5.41, 5.74) is 1.15. The van der Waals surface area contributed by atoms with E-state index in [1.165, 1.54) is 0 Å². The predicted molar refractivity (Wildman–Crippen MR) is 91.8 cm³/mol. The Kier molecular flexibility index (Phi) is 5.82. The highest BCUT2D eigenvalue weighted by molar-refractivity contribution is 5.88. The van der Waals surface area contributed by atoms with Crippen molar-refractivity contribution in [1.82, 2.24) is 4.90 Å². The second-order valence-electron chi connectivity index (χ2n) is 7.27. The third-order valence-corrected chi connectivity index (χ3v) is 4.07. The fourth-order valence-electron chi connectivity index (χ4n) is 2.93. The van der Waals surface area contributed by atoms with Crippen molar-refractivity contribution in [2.75, 3.05) is 0 Å².